The Morgan fingerprint density at radius 3 is 2.61 bits per heavy atom. The van der Waals surface area contributed by atoms with E-state index in [2.05, 4.69) is 15.5 Å². The summed E-state index contributed by atoms with van der Waals surface area (Å²) in [5, 5.41) is 12.1. The molecule has 3 aromatic heterocycles. The molecule has 0 radical (unpaired) electrons. The second kappa shape index (κ2) is 9.23. The summed E-state index contributed by atoms with van der Waals surface area (Å²) in [6.45, 7) is 0.393. The Labute approximate surface area is 187 Å². The third kappa shape index (κ3) is 4.89. The quantitative estimate of drug-likeness (QED) is 0.427. The van der Waals surface area contributed by atoms with E-state index in [1.807, 2.05) is 22.8 Å². The van der Waals surface area contributed by atoms with Crippen LogP contribution in [-0.4, -0.2) is 36.9 Å². The maximum Gasteiger partial charge on any atom is 0.274 e. The summed E-state index contributed by atoms with van der Waals surface area (Å²) in [5.74, 6) is 0.484. The lowest BCUT2D eigenvalue weighted by Gasteiger charge is -2.09. The van der Waals surface area contributed by atoms with Gasteiger partial charge in [0.15, 0.2) is 11.0 Å². The monoisotopic (exact) mass is 455 g/mol. The zero-order valence-corrected chi connectivity index (χ0v) is 18.1. The highest BCUT2D eigenvalue weighted by Crippen LogP contribution is 2.26. The van der Waals surface area contributed by atoms with E-state index < -0.39 is 11.8 Å². The van der Waals surface area contributed by atoms with Crippen LogP contribution in [0.1, 0.15) is 16.2 Å². The molecule has 0 atom stereocenters. The van der Waals surface area contributed by atoms with Crippen molar-refractivity contribution in [3.8, 4) is 11.4 Å². The topological polar surface area (TPSA) is 95.0 Å². The third-order valence-corrected chi connectivity index (χ3v) is 5.69. The minimum absolute atomic E-state index is 0.00701. The molecule has 2 amide bonds. The van der Waals surface area contributed by atoms with E-state index in [9.17, 15) is 9.59 Å². The molecular formula is C21H18ClN5O3S. The van der Waals surface area contributed by atoms with Crippen molar-refractivity contribution in [1.29, 1.82) is 0 Å². The predicted molar refractivity (Wildman–Crippen MR) is 117 cm³/mol. The van der Waals surface area contributed by atoms with Gasteiger partial charge in [-0.15, -0.1) is 10.2 Å². The number of aryl methyl sites for hydroxylation is 1. The Hall–Kier alpha value is -3.30. The van der Waals surface area contributed by atoms with Gasteiger partial charge in [-0.1, -0.05) is 23.4 Å². The Morgan fingerprint density at radius 1 is 1.13 bits per heavy atom. The molecule has 8 nitrogen and oxygen atoms in total. The first-order valence-corrected chi connectivity index (χ1v) is 10.7. The summed E-state index contributed by atoms with van der Waals surface area (Å²) in [6, 6.07) is 14.3. The second-order valence-electron chi connectivity index (χ2n) is 6.65. The van der Waals surface area contributed by atoms with Gasteiger partial charge < -0.3 is 8.98 Å². The molecule has 0 aliphatic carbocycles. The van der Waals surface area contributed by atoms with Crippen LogP contribution in [-0.2, 0) is 18.4 Å². The SMILES string of the molecule is Cn1cccc1C(=O)NC(=O)CSc1nnc(-c2ccc(Cl)cc2)n1Cc1ccco1. The molecular weight excluding hydrogens is 438 g/mol. The molecule has 31 heavy (non-hydrogen) atoms. The van der Waals surface area contributed by atoms with Crippen LogP contribution in [0.15, 0.2) is 70.6 Å². The van der Waals surface area contributed by atoms with E-state index >= 15 is 0 Å². The number of benzene rings is 1. The molecule has 0 aliphatic heterocycles. The number of furan rings is 1. The molecule has 0 fully saturated rings. The summed E-state index contributed by atoms with van der Waals surface area (Å²) >= 11 is 7.19. The highest BCUT2D eigenvalue weighted by Gasteiger charge is 2.18. The maximum atomic E-state index is 12.3. The smallest absolute Gasteiger partial charge is 0.274 e. The standard InChI is InChI=1S/C21H18ClN5O3S/c1-26-10-2-5-17(26)20(29)23-18(28)13-31-21-25-24-19(14-6-8-15(22)9-7-14)27(21)12-16-4-3-11-30-16/h2-11H,12-13H2,1H3,(H,23,28,29). The zero-order chi connectivity index (χ0) is 21.8. The second-order valence-corrected chi connectivity index (χ2v) is 8.03. The van der Waals surface area contributed by atoms with Gasteiger partial charge in [-0.05, 0) is 48.5 Å². The van der Waals surface area contributed by atoms with Gasteiger partial charge in [0.2, 0.25) is 5.91 Å². The Balaban J connectivity index is 1.50. The largest absolute Gasteiger partial charge is 0.467 e. The third-order valence-electron chi connectivity index (χ3n) is 4.48. The van der Waals surface area contributed by atoms with E-state index in [0.29, 0.717) is 28.2 Å². The molecule has 4 aromatic rings. The summed E-state index contributed by atoms with van der Waals surface area (Å²) in [5.41, 5.74) is 1.24. The first-order valence-electron chi connectivity index (χ1n) is 9.31. The van der Waals surface area contributed by atoms with Crippen molar-refractivity contribution in [3.63, 3.8) is 0 Å². The summed E-state index contributed by atoms with van der Waals surface area (Å²) in [4.78, 5) is 24.5. The molecule has 158 valence electrons. The van der Waals surface area contributed by atoms with Crippen molar-refractivity contribution in [2.24, 2.45) is 7.05 Å². The van der Waals surface area contributed by atoms with Gasteiger partial charge in [0.25, 0.3) is 5.91 Å². The van der Waals surface area contributed by atoms with E-state index in [0.717, 1.165) is 11.3 Å². The van der Waals surface area contributed by atoms with Crippen molar-refractivity contribution < 1.29 is 14.0 Å². The van der Waals surface area contributed by atoms with Gasteiger partial charge >= 0.3 is 0 Å². The van der Waals surface area contributed by atoms with Crippen LogP contribution < -0.4 is 5.32 Å². The Morgan fingerprint density at radius 2 is 1.94 bits per heavy atom. The van der Waals surface area contributed by atoms with Gasteiger partial charge in [0.05, 0.1) is 18.6 Å². The highest BCUT2D eigenvalue weighted by atomic mass is 35.5. The Kier molecular flexibility index (Phi) is 6.24. The number of hydrogen-bond donors (Lipinski definition) is 1. The van der Waals surface area contributed by atoms with Crippen LogP contribution in [0.2, 0.25) is 5.02 Å². The average Bonchev–Trinajstić information content (AvgIpc) is 3.49. The molecule has 1 aromatic carbocycles. The highest BCUT2D eigenvalue weighted by molar-refractivity contribution is 7.99. The molecule has 1 N–H and O–H groups in total. The normalized spacial score (nSPS) is 10.9. The van der Waals surface area contributed by atoms with Crippen LogP contribution in [0, 0.1) is 0 Å². The van der Waals surface area contributed by atoms with E-state index in [4.69, 9.17) is 16.0 Å². The maximum absolute atomic E-state index is 12.3. The number of halogens is 1. The van der Waals surface area contributed by atoms with Crippen molar-refractivity contribution in [2.45, 2.75) is 11.7 Å². The molecule has 0 saturated carbocycles. The van der Waals surface area contributed by atoms with Gasteiger partial charge in [0.1, 0.15) is 11.5 Å². The minimum atomic E-state index is -0.447. The average molecular weight is 456 g/mol. The van der Waals surface area contributed by atoms with E-state index in [-0.39, 0.29) is 5.75 Å². The number of carbonyl (C=O) groups excluding carboxylic acids is 2. The van der Waals surface area contributed by atoms with Gasteiger partial charge in [-0.2, -0.15) is 0 Å². The zero-order valence-electron chi connectivity index (χ0n) is 16.5. The minimum Gasteiger partial charge on any atom is -0.467 e. The van der Waals surface area contributed by atoms with Crippen LogP contribution in [0.5, 0.6) is 0 Å². The number of hydrogen-bond acceptors (Lipinski definition) is 6. The van der Waals surface area contributed by atoms with Crippen molar-refractivity contribution >= 4 is 35.2 Å². The van der Waals surface area contributed by atoms with E-state index in [1.54, 1.807) is 54.4 Å². The fraction of sp³-hybridized carbons (Fsp3) is 0.143. The molecule has 0 bridgehead atoms. The molecule has 10 heteroatoms. The van der Waals surface area contributed by atoms with Crippen molar-refractivity contribution in [3.05, 3.63) is 77.5 Å². The lowest BCUT2D eigenvalue weighted by molar-refractivity contribution is -0.117. The fourth-order valence-electron chi connectivity index (χ4n) is 2.96. The number of nitrogens with zero attached hydrogens (tertiary/aromatic N) is 4. The lowest BCUT2D eigenvalue weighted by atomic mass is 10.2. The van der Waals surface area contributed by atoms with Crippen molar-refractivity contribution in [2.75, 3.05) is 5.75 Å². The van der Waals surface area contributed by atoms with Crippen molar-refractivity contribution in [1.82, 2.24) is 24.6 Å². The number of thioether (sulfide) groups is 1. The fourth-order valence-corrected chi connectivity index (χ4v) is 3.83. The number of amides is 2. The molecule has 0 saturated heterocycles. The molecule has 0 unspecified atom stereocenters. The summed E-state index contributed by atoms with van der Waals surface area (Å²) < 4.78 is 8.98. The molecule has 0 aliphatic rings. The Bertz CT molecular complexity index is 1200. The van der Waals surface area contributed by atoms with Gasteiger partial charge in [-0.3, -0.25) is 19.5 Å². The van der Waals surface area contributed by atoms with Crippen LogP contribution in [0.4, 0.5) is 0 Å². The lowest BCUT2D eigenvalue weighted by Crippen LogP contribution is -2.33. The first kappa shape index (κ1) is 21.0. The van der Waals surface area contributed by atoms with E-state index in [1.165, 1.54) is 11.8 Å². The van der Waals surface area contributed by atoms with Gasteiger partial charge in [-0.25, -0.2) is 0 Å². The predicted octanol–water partition coefficient (Wildman–Crippen LogP) is 3.63. The number of imide groups is 1. The van der Waals surface area contributed by atoms with Gasteiger partial charge in [0, 0.05) is 23.8 Å². The number of aromatic nitrogens is 4. The molecule has 3 heterocycles. The molecule has 4 rings (SSSR count). The first-order chi connectivity index (χ1) is 15.0. The summed E-state index contributed by atoms with van der Waals surface area (Å²) in [6.07, 6.45) is 3.33. The number of carbonyl (C=O) groups is 2. The number of nitrogens with one attached hydrogen (secondary N) is 1. The van der Waals surface area contributed by atoms with Crippen LogP contribution >= 0.6 is 23.4 Å². The van der Waals surface area contributed by atoms with Crippen LogP contribution in [0.25, 0.3) is 11.4 Å². The van der Waals surface area contributed by atoms with Crippen LogP contribution in [0.3, 0.4) is 0 Å². The number of rotatable bonds is 7. The summed E-state index contributed by atoms with van der Waals surface area (Å²) in [7, 11) is 1.74. The molecule has 0 spiro atoms.